The number of hydrogen-bond donors (Lipinski definition) is 0. The molecule has 0 aromatic carbocycles. The molecule has 0 radical (unpaired) electrons. The third kappa shape index (κ3) is 2.02. The van der Waals surface area contributed by atoms with Crippen LogP contribution in [0.1, 0.15) is 13.3 Å². The standard InChI is InChI=1S/C12H13NO/c1-10-5-2-3-7-12(10)14-11-6-4-8-13-9-11/h2-4,6-10H,5H2,1H3. The zero-order chi connectivity index (χ0) is 9.80. The van der Waals surface area contributed by atoms with Crippen molar-refractivity contribution in [1.29, 1.82) is 0 Å². The summed E-state index contributed by atoms with van der Waals surface area (Å²) in [7, 11) is 0. The third-order valence-corrected chi connectivity index (χ3v) is 2.24. The van der Waals surface area contributed by atoms with Gasteiger partial charge in [-0.2, -0.15) is 0 Å². The second kappa shape index (κ2) is 4.09. The molecule has 0 spiro atoms. The Morgan fingerprint density at radius 2 is 2.43 bits per heavy atom. The van der Waals surface area contributed by atoms with Gasteiger partial charge in [-0.3, -0.25) is 4.98 Å². The van der Waals surface area contributed by atoms with Gasteiger partial charge in [-0.15, -0.1) is 0 Å². The molecule has 14 heavy (non-hydrogen) atoms. The number of aromatic nitrogens is 1. The molecule has 0 saturated carbocycles. The molecule has 1 aromatic rings. The highest BCUT2D eigenvalue weighted by molar-refractivity contribution is 5.23. The molecule has 0 fully saturated rings. The first kappa shape index (κ1) is 9.00. The average molecular weight is 187 g/mol. The Kier molecular flexibility index (Phi) is 2.63. The van der Waals surface area contributed by atoms with Crippen molar-refractivity contribution in [3.63, 3.8) is 0 Å². The summed E-state index contributed by atoms with van der Waals surface area (Å²) in [5.74, 6) is 2.28. The lowest BCUT2D eigenvalue weighted by molar-refractivity contribution is 0.354. The van der Waals surface area contributed by atoms with Gasteiger partial charge in [0.25, 0.3) is 0 Å². The van der Waals surface area contributed by atoms with Crippen LogP contribution in [0.15, 0.2) is 48.5 Å². The van der Waals surface area contributed by atoms with Crippen LogP contribution < -0.4 is 4.74 Å². The van der Waals surface area contributed by atoms with Gasteiger partial charge in [-0.1, -0.05) is 19.1 Å². The summed E-state index contributed by atoms with van der Waals surface area (Å²) >= 11 is 0. The molecule has 0 bridgehead atoms. The molecule has 72 valence electrons. The Balaban J connectivity index is 2.11. The van der Waals surface area contributed by atoms with Crippen LogP contribution in [0.25, 0.3) is 0 Å². The van der Waals surface area contributed by atoms with Crippen LogP contribution in [0.3, 0.4) is 0 Å². The van der Waals surface area contributed by atoms with E-state index in [9.17, 15) is 0 Å². The van der Waals surface area contributed by atoms with Crippen LogP contribution in [-0.2, 0) is 0 Å². The van der Waals surface area contributed by atoms with E-state index in [-0.39, 0.29) is 0 Å². The topological polar surface area (TPSA) is 22.1 Å². The van der Waals surface area contributed by atoms with Gasteiger partial charge >= 0.3 is 0 Å². The molecule has 1 aliphatic carbocycles. The largest absolute Gasteiger partial charge is 0.460 e. The fourth-order valence-corrected chi connectivity index (χ4v) is 1.40. The Bertz CT molecular complexity index is 354. The predicted octanol–water partition coefficient (Wildman–Crippen LogP) is 2.94. The maximum Gasteiger partial charge on any atom is 0.145 e. The van der Waals surface area contributed by atoms with Crippen molar-refractivity contribution in [2.75, 3.05) is 0 Å². The maximum absolute atomic E-state index is 5.71. The van der Waals surface area contributed by atoms with Crippen LogP contribution in [-0.4, -0.2) is 4.98 Å². The van der Waals surface area contributed by atoms with Crippen molar-refractivity contribution in [2.24, 2.45) is 5.92 Å². The normalized spacial score (nSPS) is 20.4. The molecule has 0 amide bonds. The summed E-state index contributed by atoms with van der Waals surface area (Å²) in [6.07, 6.45) is 10.7. The minimum atomic E-state index is 0.459. The van der Waals surface area contributed by atoms with Crippen molar-refractivity contribution >= 4 is 0 Å². The predicted molar refractivity (Wildman–Crippen MR) is 55.9 cm³/mol. The summed E-state index contributed by atoms with van der Waals surface area (Å²) in [5, 5.41) is 0. The first-order valence-corrected chi connectivity index (χ1v) is 4.81. The zero-order valence-corrected chi connectivity index (χ0v) is 8.18. The van der Waals surface area contributed by atoms with Crippen LogP contribution >= 0.6 is 0 Å². The van der Waals surface area contributed by atoms with Crippen LogP contribution in [0.2, 0.25) is 0 Å². The molecule has 2 nitrogen and oxygen atoms in total. The van der Waals surface area contributed by atoms with Gasteiger partial charge in [0.1, 0.15) is 11.5 Å². The first-order valence-electron chi connectivity index (χ1n) is 4.81. The Labute approximate surface area is 83.9 Å². The molecule has 0 aliphatic heterocycles. The van der Waals surface area contributed by atoms with Crippen LogP contribution in [0.5, 0.6) is 5.75 Å². The number of nitrogens with zero attached hydrogens (tertiary/aromatic N) is 1. The Morgan fingerprint density at radius 1 is 1.50 bits per heavy atom. The smallest absolute Gasteiger partial charge is 0.145 e. The monoisotopic (exact) mass is 187 g/mol. The Hall–Kier alpha value is -1.57. The molecule has 0 saturated heterocycles. The molecule has 1 aliphatic rings. The minimum absolute atomic E-state index is 0.459. The van der Waals surface area contributed by atoms with E-state index in [4.69, 9.17) is 4.74 Å². The van der Waals surface area contributed by atoms with Gasteiger partial charge in [0, 0.05) is 12.1 Å². The van der Waals surface area contributed by atoms with Crippen molar-refractivity contribution in [3.05, 3.63) is 48.5 Å². The lowest BCUT2D eigenvalue weighted by atomic mass is 10.0. The van der Waals surface area contributed by atoms with E-state index in [0.717, 1.165) is 17.9 Å². The number of allylic oxidation sites excluding steroid dienone is 4. The van der Waals surface area contributed by atoms with Gasteiger partial charge in [0.2, 0.25) is 0 Å². The number of ether oxygens (including phenoxy) is 1. The molecule has 1 aromatic heterocycles. The zero-order valence-electron chi connectivity index (χ0n) is 8.18. The first-order chi connectivity index (χ1) is 6.86. The molecule has 0 N–H and O–H groups in total. The van der Waals surface area contributed by atoms with Gasteiger partial charge in [-0.25, -0.2) is 0 Å². The summed E-state index contributed by atoms with van der Waals surface area (Å²) in [5.41, 5.74) is 0. The van der Waals surface area contributed by atoms with E-state index >= 15 is 0 Å². The maximum atomic E-state index is 5.71. The fraction of sp³-hybridized carbons (Fsp3) is 0.250. The van der Waals surface area contributed by atoms with E-state index in [1.807, 2.05) is 24.3 Å². The summed E-state index contributed by atoms with van der Waals surface area (Å²) in [6.45, 7) is 2.16. The van der Waals surface area contributed by atoms with Gasteiger partial charge in [-0.05, 0) is 24.6 Å². The van der Waals surface area contributed by atoms with Gasteiger partial charge < -0.3 is 4.74 Å². The summed E-state index contributed by atoms with van der Waals surface area (Å²) in [4.78, 5) is 4.00. The number of pyridine rings is 1. The lowest BCUT2D eigenvalue weighted by Gasteiger charge is -2.17. The van der Waals surface area contributed by atoms with E-state index in [0.29, 0.717) is 5.92 Å². The van der Waals surface area contributed by atoms with Gasteiger partial charge in [0.05, 0.1) is 6.20 Å². The average Bonchev–Trinajstić information content (AvgIpc) is 2.23. The molecular weight excluding hydrogens is 174 g/mol. The fourth-order valence-electron chi connectivity index (χ4n) is 1.40. The van der Waals surface area contributed by atoms with Crippen molar-refractivity contribution in [3.8, 4) is 5.75 Å². The molecule has 2 rings (SSSR count). The number of rotatable bonds is 2. The van der Waals surface area contributed by atoms with Crippen LogP contribution in [0.4, 0.5) is 0 Å². The second-order valence-corrected chi connectivity index (χ2v) is 3.42. The van der Waals surface area contributed by atoms with Crippen molar-refractivity contribution in [1.82, 2.24) is 4.98 Å². The van der Waals surface area contributed by atoms with Crippen molar-refractivity contribution in [2.45, 2.75) is 13.3 Å². The second-order valence-electron chi connectivity index (χ2n) is 3.42. The van der Waals surface area contributed by atoms with E-state index in [1.165, 1.54) is 0 Å². The molecule has 1 heterocycles. The lowest BCUT2D eigenvalue weighted by Crippen LogP contribution is -2.07. The SMILES string of the molecule is CC1CC=CC=C1Oc1cccnc1. The summed E-state index contributed by atoms with van der Waals surface area (Å²) < 4.78 is 5.71. The molecule has 1 atom stereocenters. The van der Waals surface area contributed by atoms with E-state index < -0.39 is 0 Å². The van der Waals surface area contributed by atoms with Gasteiger partial charge in [0.15, 0.2) is 0 Å². The van der Waals surface area contributed by atoms with Crippen LogP contribution in [0, 0.1) is 5.92 Å². The van der Waals surface area contributed by atoms with Crippen molar-refractivity contribution < 1.29 is 4.74 Å². The highest BCUT2D eigenvalue weighted by Gasteiger charge is 2.11. The molecular formula is C12H13NO. The minimum Gasteiger partial charge on any atom is -0.460 e. The molecule has 1 unspecified atom stereocenters. The summed E-state index contributed by atoms with van der Waals surface area (Å²) in [6, 6.07) is 3.79. The highest BCUT2D eigenvalue weighted by Crippen LogP contribution is 2.22. The number of hydrogen-bond acceptors (Lipinski definition) is 2. The molecule has 2 heteroatoms. The quantitative estimate of drug-likeness (QED) is 0.710. The Morgan fingerprint density at radius 3 is 3.14 bits per heavy atom. The van der Waals surface area contributed by atoms with E-state index in [1.54, 1.807) is 12.4 Å². The van der Waals surface area contributed by atoms with E-state index in [2.05, 4.69) is 18.0 Å². The third-order valence-electron chi connectivity index (χ3n) is 2.24. The highest BCUT2D eigenvalue weighted by atomic mass is 16.5.